The average molecular weight is 236 g/mol. The summed E-state index contributed by atoms with van der Waals surface area (Å²) in [7, 11) is 0. The lowest BCUT2D eigenvalue weighted by molar-refractivity contribution is -0.176. The molecule has 0 fully saturated rings. The van der Waals surface area contributed by atoms with E-state index in [0.29, 0.717) is 11.8 Å². The molecule has 0 radical (unpaired) electrons. The summed E-state index contributed by atoms with van der Waals surface area (Å²) in [6, 6.07) is 0. The van der Waals surface area contributed by atoms with Crippen LogP contribution in [-0.4, -0.2) is 15.9 Å². The van der Waals surface area contributed by atoms with Gasteiger partial charge in [-0.3, -0.25) is 4.68 Å². The highest BCUT2D eigenvalue weighted by atomic mass is 16.5. The van der Waals surface area contributed by atoms with Crippen LogP contribution in [0.25, 0.3) is 0 Å². The van der Waals surface area contributed by atoms with Gasteiger partial charge in [-0.15, -0.1) is 0 Å². The highest BCUT2D eigenvalue weighted by molar-refractivity contribution is 5.26. The fraction of sp³-hybridized carbons (Fsp3) is 0.786. The summed E-state index contributed by atoms with van der Waals surface area (Å²) in [6.07, 6.45) is 2.20. The van der Waals surface area contributed by atoms with Crippen LogP contribution in [0.1, 0.15) is 45.9 Å². The Balaban J connectivity index is 2.63. The van der Waals surface area contributed by atoms with E-state index in [1.165, 1.54) is 11.3 Å². The maximum atomic E-state index is 6.40. The molecule has 1 aromatic heterocycles. The number of rotatable bonds is 2. The Morgan fingerprint density at radius 2 is 1.94 bits per heavy atom. The zero-order chi connectivity index (χ0) is 12.8. The van der Waals surface area contributed by atoms with Crippen molar-refractivity contribution in [2.75, 3.05) is 0 Å². The van der Waals surface area contributed by atoms with Crippen molar-refractivity contribution in [3.63, 3.8) is 0 Å². The minimum absolute atomic E-state index is 0.196. The third-order valence-electron chi connectivity index (χ3n) is 3.93. The van der Waals surface area contributed by atoms with Crippen molar-refractivity contribution in [3.8, 4) is 0 Å². The molecule has 0 amide bonds. The number of aryl methyl sites for hydroxylation is 1. The van der Waals surface area contributed by atoms with Gasteiger partial charge in [0.15, 0.2) is 0 Å². The quantitative estimate of drug-likeness (QED) is 0.789. The van der Waals surface area contributed by atoms with E-state index in [-0.39, 0.29) is 11.7 Å². The first-order chi connectivity index (χ1) is 7.89. The molecule has 3 heteroatoms. The van der Waals surface area contributed by atoms with Gasteiger partial charge in [-0.25, -0.2) is 0 Å². The summed E-state index contributed by atoms with van der Waals surface area (Å²) in [5, 5.41) is 4.50. The van der Waals surface area contributed by atoms with Crippen LogP contribution < -0.4 is 0 Å². The Morgan fingerprint density at radius 1 is 1.35 bits per heavy atom. The van der Waals surface area contributed by atoms with E-state index in [0.717, 1.165) is 6.54 Å². The molecule has 0 saturated heterocycles. The van der Waals surface area contributed by atoms with E-state index in [1.54, 1.807) is 0 Å². The topological polar surface area (TPSA) is 27.1 Å². The van der Waals surface area contributed by atoms with Crippen molar-refractivity contribution in [1.82, 2.24) is 9.78 Å². The summed E-state index contributed by atoms with van der Waals surface area (Å²) in [5.41, 5.74) is 2.33. The Morgan fingerprint density at radius 3 is 2.47 bits per heavy atom. The molecule has 1 aromatic rings. The standard InChI is InChI=1S/C14H24N2O/c1-9(2)14(10(3)4)13-11(5)7-15-16(13)8-12(6)17-14/h7,9-10,12H,8H2,1-6H3. The number of fused-ring (bicyclic) bond motifs is 1. The molecular weight excluding hydrogens is 212 g/mol. The molecule has 0 spiro atoms. The number of ether oxygens (including phenoxy) is 1. The summed E-state index contributed by atoms with van der Waals surface area (Å²) in [5.74, 6) is 0.888. The van der Waals surface area contributed by atoms with Gasteiger partial charge in [0.1, 0.15) is 5.60 Å². The van der Waals surface area contributed by atoms with E-state index >= 15 is 0 Å². The van der Waals surface area contributed by atoms with Crippen molar-refractivity contribution in [3.05, 3.63) is 17.5 Å². The summed E-state index contributed by atoms with van der Waals surface area (Å²) < 4.78 is 8.54. The molecular formula is C14H24N2O. The molecule has 96 valence electrons. The minimum atomic E-state index is -0.196. The van der Waals surface area contributed by atoms with Crippen LogP contribution in [0.3, 0.4) is 0 Å². The molecule has 1 unspecified atom stereocenters. The molecule has 17 heavy (non-hydrogen) atoms. The van der Waals surface area contributed by atoms with Crippen LogP contribution in [0.4, 0.5) is 0 Å². The molecule has 2 rings (SSSR count). The minimum Gasteiger partial charge on any atom is -0.363 e. The number of hydrogen-bond acceptors (Lipinski definition) is 2. The van der Waals surface area contributed by atoms with Crippen LogP contribution in [0.2, 0.25) is 0 Å². The number of nitrogens with zero attached hydrogens (tertiary/aromatic N) is 2. The lowest BCUT2D eigenvalue weighted by Crippen LogP contribution is -2.49. The van der Waals surface area contributed by atoms with Gasteiger partial charge < -0.3 is 4.74 Å². The largest absolute Gasteiger partial charge is 0.363 e. The monoisotopic (exact) mass is 236 g/mol. The first-order valence-corrected chi connectivity index (χ1v) is 6.60. The Hall–Kier alpha value is -0.830. The van der Waals surface area contributed by atoms with Crippen molar-refractivity contribution in [1.29, 1.82) is 0 Å². The average Bonchev–Trinajstić information content (AvgIpc) is 2.58. The zero-order valence-electron chi connectivity index (χ0n) is 11.8. The van der Waals surface area contributed by atoms with Crippen molar-refractivity contribution >= 4 is 0 Å². The molecule has 0 bridgehead atoms. The maximum Gasteiger partial charge on any atom is 0.115 e. The number of aromatic nitrogens is 2. The SMILES string of the molecule is Cc1cnn2c1C(C(C)C)(C(C)C)OC(C)C2. The van der Waals surface area contributed by atoms with Gasteiger partial charge in [-0.2, -0.15) is 5.10 Å². The van der Waals surface area contributed by atoms with E-state index in [4.69, 9.17) is 4.74 Å². The smallest absolute Gasteiger partial charge is 0.115 e. The van der Waals surface area contributed by atoms with E-state index < -0.39 is 0 Å². The summed E-state index contributed by atoms with van der Waals surface area (Å²) in [4.78, 5) is 0. The Bertz CT molecular complexity index is 398. The van der Waals surface area contributed by atoms with Crippen LogP contribution in [0.5, 0.6) is 0 Å². The third kappa shape index (κ3) is 1.71. The van der Waals surface area contributed by atoms with E-state index in [1.807, 2.05) is 6.20 Å². The highest BCUT2D eigenvalue weighted by Gasteiger charge is 2.47. The molecule has 2 heterocycles. The van der Waals surface area contributed by atoms with Gasteiger partial charge in [0.25, 0.3) is 0 Å². The van der Waals surface area contributed by atoms with Crippen molar-refractivity contribution in [2.24, 2.45) is 11.8 Å². The molecule has 1 atom stereocenters. The highest BCUT2D eigenvalue weighted by Crippen LogP contribution is 2.45. The predicted octanol–water partition coefficient (Wildman–Crippen LogP) is 3.12. The second-order valence-electron chi connectivity index (χ2n) is 5.89. The molecule has 0 aliphatic carbocycles. The second-order valence-corrected chi connectivity index (χ2v) is 5.89. The molecule has 0 aromatic carbocycles. The van der Waals surface area contributed by atoms with Crippen LogP contribution in [0.15, 0.2) is 6.20 Å². The molecule has 1 aliphatic rings. The van der Waals surface area contributed by atoms with Crippen LogP contribution in [-0.2, 0) is 16.9 Å². The van der Waals surface area contributed by atoms with Crippen LogP contribution in [0, 0.1) is 18.8 Å². The number of hydrogen-bond donors (Lipinski definition) is 0. The fourth-order valence-corrected chi connectivity index (χ4v) is 3.28. The van der Waals surface area contributed by atoms with Gasteiger partial charge in [0, 0.05) is 0 Å². The summed E-state index contributed by atoms with van der Waals surface area (Å²) in [6.45, 7) is 14.1. The summed E-state index contributed by atoms with van der Waals surface area (Å²) >= 11 is 0. The van der Waals surface area contributed by atoms with Gasteiger partial charge in [-0.05, 0) is 31.2 Å². The fourth-order valence-electron chi connectivity index (χ4n) is 3.28. The lowest BCUT2D eigenvalue weighted by atomic mass is 9.75. The van der Waals surface area contributed by atoms with Gasteiger partial charge >= 0.3 is 0 Å². The molecule has 0 saturated carbocycles. The maximum absolute atomic E-state index is 6.40. The van der Waals surface area contributed by atoms with Gasteiger partial charge in [0.2, 0.25) is 0 Å². The first kappa shape index (κ1) is 12.6. The van der Waals surface area contributed by atoms with Gasteiger partial charge in [-0.1, -0.05) is 27.7 Å². The zero-order valence-corrected chi connectivity index (χ0v) is 11.8. The molecule has 1 aliphatic heterocycles. The first-order valence-electron chi connectivity index (χ1n) is 6.60. The van der Waals surface area contributed by atoms with Crippen molar-refractivity contribution in [2.45, 2.75) is 59.8 Å². The predicted molar refractivity (Wildman–Crippen MR) is 68.9 cm³/mol. The Kier molecular flexibility index (Phi) is 3.06. The van der Waals surface area contributed by atoms with E-state index in [9.17, 15) is 0 Å². The lowest BCUT2D eigenvalue weighted by Gasteiger charge is -2.47. The molecule has 0 N–H and O–H groups in total. The normalized spacial score (nSPS) is 23.2. The molecule has 3 nitrogen and oxygen atoms in total. The van der Waals surface area contributed by atoms with E-state index in [2.05, 4.69) is 51.3 Å². The van der Waals surface area contributed by atoms with Crippen LogP contribution >= 0.6 is 0 Å². The van der Waals surface area contributed by atoms with Gasteiger partial charge in [0.05, 0.1) is 24.5 Å². The van der Waals surface area contributed by atoms with Crippen molar-refractivity contribution < 1.29 is 4.74 Å². The second kappa shape index (κ2) is 4.13. The third-order valence-corrected chi connectivity index (χ3v) is 3.93. The Labute approximate surface area is 104 Å².